The minimum Gasteiger partial charge on any atom is -0.352 e. The monoisotopic (exact) mass is 669 g/mol. The number of hydrogen-bond donors (Lipinski definition) is 1. The zero-order valence-corrected chi connectivity index (χ0v) is 26.2. The number of anilines is 1. The second kappa shape index (κ2) is 14.2. The summed E-state index contributed by atoms with van der Waals surface area (Å²) in [4.78, 5) is 29.3. The first-order valence-corrected chi connectivity index (χ1v) is 16.6. The molecule has 1 aliphatic carbocycles. The van der Waals surface area contributed by atoms with E-state index >= 15 is 0 Å². The van der Waals surface area contributed by atoms with E-state index in [2.05, 4.69) is 5.32 Å². The fourth-order valence-corrected chi connectivity index (χ4v) is 6.49. The van der Waals surface area contributed by atoms with E-state index in [9.17, 15) is 31.2 Å². The molecule has 2 amide bonds. The number of carbonyl (C=O) groups is 2. The minimum atomic E-state index is -4.87. The highest BCUT2D eigenvalue weighted by molar-refractivity contribution is 7.92. The Morgan fingerprint density at radius 1 is 0.955 bits per heavy atom. The van der Waals surface area contributed by atoms with Crippen LogP contribution < -0.4 is 9.62 Å². The number of nitrogens with one attached hydrogen (secondary N) is 1. The van der Waals surface area contributed by atoms with E-state index in [1.54, 1.807) is 36.4 Å². The second-order valence-electron chi connectivity index (χ2n) is 10.7. The average Bonchev–Trinajstić information content (AvgIpc) is 3.47. The summed E-state index contributed by atoms with van der Waals surface area (Å²) in [5, 5.41) is 2.75. The van der Waals surface area contributed by atoms with Gasteiger partial charge in [0.1, 0.15) is 12.6 Å². The van der Waals surface area contributed by atoms with Crippen molar-refractivity contribution in [2.45, 2.75) is 56.9 Å². The van der Waals surface area contributed by atoms with Crippen molar-refractivity contribution in [3.63, 3.8) is 0 Å². The first-order chi connectivity index (χ1) is 20.7. The molecule has 0 aliphatic heterocycles. The molecule has 1 N–H and O–H groups in total. The highest BCUT2D eigenvalue weighted by atomic mass is 35.5. The summed E-state index contributed by atoms with van der Waals surface area (Å²) < 4.78 is 67.3. The lowest BCUT2D eigenvalue weighted by Crippen LogP contribution is -2.54. The van der Waals surface area contributed by atoms with Gasteiger partial charge in [0, 0.05) is 24.0 Å². The average molecular weight is 671 g/mol. The van der Waals surface area contributed by atoms with Crippen LogP contribution in [0.25, 0.3) is 0 Å². The van der Waals surface area contributed by atoms with Crippen molar-refractivity contribution in [2.24, 2.45) is 0 Å². The predicted octanol–water partition coefficient (Wildman–Crippen LogP) is 6.48. The van der Waals surface area contributed by atoms with E-state index in [1.165, 1.54) is 4.90 Å². The van der Waals surface area contributed by atoms with Crippen molar-refractivity contribution in [1.29, 1.82) is 0 Å². The number of carbonyl (C=O) groups excluding carboxylic acids is 2. The van der Waals surface area contributed by atoms with Gasteiger partial charge in [-0.1, -0.05) is 84.6 Å². The molecule has 0 saturated heterocycles. The second-order valence-corrected chi connectivity index (χ2v) is 13.5. The number of amides is 2. The highest BCUT2D eigenvalue weighted by Crippen LogP contribution is 2.37. The van der Waals surface area contributed by atoms with Crippen LogP contribution in [0.4, 0.5) is 18.9 Å². The Labute approximate surface area is 265 Å². The third-order valence-corrected chi connectivity index (χ3v) is 9.33. The summed E-state index contributed by atoms with van der Waals surface area (Å²) in [6.45, 7) is -1.02. The van der Waals surface area contributed by atoms with Gasteiger partial charge in [0.2, 0.25) is 21.8 Å². The molecule has 4 rings (SSSR count). The van der Waals surface area contributed by atoms with Gasteiger partial charge in [-0.15, -0.1) is 0 Å². The van der Waals surface area contributed by atoms with Crippen molar-refractivity contribution >= 4 is 50.7 Å². The molecule has 0 spiro atoms. The predicted molar refractivity (Wildman–Crippen MR) is 165 cm³/mol. The van der Waals surface area contributed by atoms with E-state index in [4.69, 9.17) is 23.2 Å². The molecule has 1 saturated carbocycles. The number of sulfonamides is 1. The number of rotatable bonds is 11. The summed E-state index contributed by atoms with van der Waals surface area (Å²) in [6.07, 6.45) is -0.468. The first kappa shape index (κ1) is 33.6. The molecular formula is C31H32Cl2F3N3O4S. The Kier molecular flexibility index (Phi) is 10.9. The number of hydrogen-bond acceptors (Lipinski definition) is 4. The summed E-state index contributed by atoms with van der Waals surface area (Å²) in [6, 6.07) is 17.2. The van der Waals surface area contributed by atoms with Crippen LogP contribution in [0.1, 0.15) is 42.4 Å². The number of benzene rings is 3. The topological polar surface area (TPSA) is 86.8 Å². The summed E-state index contributed by atoms with van der Waals surface area (Å²) >= 11 is 12.2. The zero-order chi connectivity index (χ0) is 32.1. The molecule has 44 heavy (non-hydrogen) atoms. The van der Waals surface area contributed by atoms with Gasteiger partial charge in [-0.05, 0) is 48.2 Å². The van der Waals surface area contributed by atoms with E-state index < -0.39 is 56.9 Å². The van der Waals surface area contributed by atoms with E-state index in [0.717, 1.165) is 49.6 Å². The van der Waals surface area contributed by atoms with Gasteiger partial charge in [-0.25, -0.2) is 8.42 Å². The third kappa shape index (κ3) is 8.67. The summed E-state index contributed by atoms with van der Waals surface area (Å²) in [5.74, 6) is -1.22. The van der Waals surface area contributed by atoms with Crippen molar-refractivity contribution in [2.75, 3.05) is 17.1 Å². The van der Waals surface area contributed by atoms with Crippen LogP contribution in [-0.2, 0) is 38.8 Å². The van der Waals surface area contributed by atoms with Gasteiger partial charge in [0.05, 0.1) is 22.5 Å². The molecule has 3 aromatic carbocycles. The lowest BCUT2D eigenvalue weighted by Gasteiger charge is -2.34. The van der Waals surface area contributed by atoms with Crippen LogP contribution in [0.2, 0.25) is 10.0 Å². The van der Waals surface area contributed by atoms with Crippen LogP contribution in [0.5, 0.6) is 0 Å². The number of nitrogens with zero attached hydrogens (tertiary/aromatic N) is 2. The van der Waals surface area contributed by atoms with E-state index in [0.29, 0.717) is 21.0 Å². The summed E-state index contributed by atoms with van der Waals surface area (Å²) in [5.41, 5.74) is -0.386. The Morgan fingerprint density at radius 2 is 1.59 bits per heavy atom. The molecule has 0 heterocycles. The molecule has 1 atom stereocenters. The van der Waals surface area contributed by atoms with E-state index in [1.807, 2.05) is 18.2 Å². The largest absolute Gasteiger partial charge is 0.417 e. The van der Waals surface area contributed by atoms with Gasteiger partial charge >= 0.3 is 6.18 Å². The lowest BCUT2D eigenvalue weighted by molar-refractivity contribution is -0.140. The van der Waals surface area contributed by atoms with Crippen molar-refractivity contribution in [1.82, 2.24) is 10.2 Å². The SMILES string of the molecule is CS(=O)(=O)N(CC(=O)N(Cc1ccccc1Cl)[C@H](Cc1ccccc1)C(=O)NC1CCCC1)c1ccc(Cl)c(C(F)(F)F)c1. The highest BCUT2D eigenvalue weighted by Gasteiger charge is 2.37. The van der Waals surface area contributed by atoms with Gasteiger partial charge in [-0.2, -0.15) is 13.2 Å². The Bertz CT molecular complexity index is 1580. The third-order valence-electron chi connectivity index (χ3n) is 7.49. The smallest absolute Gasteiger partial charge is 0.352 e. The van der Waals surface area contributed by atoms with Crippen LogP contribution in [0.3, 0.4) is 0 Å². The molecule has 13 heteroatoms. The number of alkyl halides is 3. The maximum atomic E-state index is 14.2. The van der Waals surface area contributed by atoms with Gasteiger partial charge in [0.15, 0.2) is 0 Å². The van der Waals surface area contributed by atoms with Crippen molar-refractivity contribution in [3.8, 4) is 0 Å². The molecule has 0 radical (unpaired) electrons. The lowest BCUT2D eigenvalue weighted by atomic mass is 10.0. The van der Waals surface area contributed by atoms with Crippen LogP contribution in [0, 0.1) is 0 Å². The molecule has 0 aromatic heterocycles. The summed E-state index contributed by atoms with van der Waals surface area (Å²) in [7, 11) is -4.28. The quantitative estimate of drug-likeness (QED) is 0.253. The van der Waals surface area contributed by atoms with Crippen molar-refractivity contribution < 1.29 is 31.2 Å². The molecule has 236 valence electrons. The van der Waals surface area contributed by atoms with Gasteiger partial charge < -0.3 is 10.2 Å². The van der Waals surface area contributed by atoms with Crippen LogP contribution in [0.15, 0.2) is 72.8 Å². The van der Waals surface area contributed by atoms with Gasteiger partial charge in [-0.3, -0.25) is 13.9 Å². The standard InChI is InChI=1S/C31H32Cl2F3N3O4S/c1-44(42,43)39(24-15-16-27(33)25(18-24)31(34,35)36)20-29(40)38(19-22-11-5-8-14-26(22)32)28(17-21-9-3-2-4-10-21)30(41)37-23-12-6-7-13-23/h2-5,8-11,14-16,18,23,28H,6-7,12-13,17,19-20H2,1H3,(H,37,41)/t28-/m1/s1. The normalized spacial score (nSPS) is 14.7. The maximum absolute atomic E-state index is 14.2. The fraction of sp³-hybridized carbons (Fsp3) is 0.355. The van der Waals surface area contributed by atoms with E-state index in [-0.39, 0.29) is 19.0 Å². The maximum Gasteiger partial charge on any atom is 0.417 e. The molecular weight excluding hydrogens is 638 g/mol. The Morgan fingerprint density at radius 3 is 2.20 bits per heavy atom. The van der Waals surface area contributed by atoms with Gasteiger partial charge in [0.25, 0.3) is 0 Å². The molecule has 3 aromatic rings. The fourth-order valence-electron chi connectivity index (χ4n) is 5.23. The Hall–Kier alpha value is -3.28. The zero-order valence-electron chi connectivity index (χ0n) is 23.9. The molecule has 1 fully saturated rings. The van der Waals surface area contributed by atoms with Crippen LogP contribution >= 0.6 is 23.2 Å². The molecule has 0 unspecified atom stereocenters. The molecule has 7 nitrogen and oxygen atoms in total. The number of halogens is 5. The minimum absolute atomic E-state index is 0.0691. The van der Waals surface area contributed by atoms with Crippen molar-refractivity contribution in [3.05, 3.63) is 99.5 Å². The molecule has 1 aliphatic rings. The Balaban J connectivity index is 1.76. The van der Waals surface area contributed by atoms with Crippen LogP contribution in [-0.4, -0.2) is 50.0 Å². The molecule has 0 bridgehead atoms. The first-order valence-electron chi connectivity index (χ1n) is 14.0.